The minimum Gasteiger partial charge on any atom is -0.463 e. The number of hydrogen-bond acceptors (Lipinski definition) is 5. The number of carbonyl (C=O) groups is 1. The zero-order valence-corrected chi connectivity index (χ0v) is 11.4. The van der Waals surface area contributed by atoms with Crippen LogP contribution < -0.4 is 0 Å². The summed E-state index contributed by atoms with van der Waals surface area (Å²) in [5.74, 6) is -0.444. The van der Waals surface area contributed by atoms with Gasteiger partial charge in [0.25, 0.3) is 5.69 Å². The third-order valence-corrected chi connectivity index (χ3v) is 2.65. The predicted octanol–water partition coefficient (Wildman–Crippen LogP) is 2.53. The SMILES string of the molecule is CCOC(=O)/C=C(\C)CC(O)c1ccc([N+](=O)[O-])cc1. The van der Waals surface area contributed by atoms with Crippen molar-refractivity contribution in [3.05, 3.63) is 51.6 Å². The lowest BCUT2D eigenvalue weighted by Crippen LogP contribution is -2.03. The number of nitrogens with zero attached hydrogens (tertiary/aromatic N) is 1. The van der Waals surface area contributed by atoms with E-state index in [2.05, 4.69) is 0 Å². The number of aliphatic hydroxyl groups is 1. The third kappa shape index (κ3) is 4.81. The van der Waals surface area contributed by atoms with Crippen molar-refractivity contribution >= 4 is 11.7 Å². The molecular formula is C14H17NO5. The van der Waals surface area contributed by atoms with Gasteiger partial charge < -0.3 is 9.84 Å². The maximum atomic E-state index is 11.2. The molecule has 0 saturated heterocycles. The van der Waals surface area contributed by atoms with Crippen LogP contribution in [0.2, 0.25) is 0 Å². The molecule has 6 nitrogen and oxygen atoms in total. The van der Waals surface area contributed by atoms with Gasteiger partial charge in [0, 0.05) is 18.2 Å². The van der Waals surface area contributed by atoms with Crippen molar-refractivity contribution in [2.24, 2.45) is 0 Å². The van der Waals surface area contributed by atoms with E-state index < -0.39 is 17.0 Å². The van der Waals surface area contributed by atoms with Crippen molar-refractivity contribution in [3.8, 4) is 0 Å². The van der Waals surface area contributed by atoms with Gasteiger partial charge in [0.2, 0.25) is 0 Å². The highest BCUT2D eigenvalue weighted by Gasteiger charge is 2.11. The molecule has 1 unspecified atom stereocenters. The molecular weight excluding hydrogens is 262 g/mol. The van der Waals surface area contributed by atoms with E-state index in [1.54, 1.807) is 13.8 Å². The number of nitro groups is 1. The maximum absolute atomic E-state index is 11.2. The van der Waals surface area contributed by atoms with Crippen LogP contribution in [-0.2, 0) is 9.53 Å². The molecule has 0 radical (unpaired) electrons. The van der Waals surface area contributed by atoms with Gasteiger partial charge in [-0.15, -0.1) is 0 Å². The first-order chi connectivity index (χ1) is 9.43. The number of non-ortho nitro benzene ring substituents is 1. The van der Waals surface area contributed by atoms with Gasteiger partial charge in [-0.2, -0.15) is 0 Å². The Bertz CT molecular complexity index is 507. The summed E-state index contributed by atoms with van der Waals surface area (Å²) in [6.07, 6.45) is 0.774. The molecule has 1 atom stereocenters. The number of hydrogen-bond donors (Lipinski definition) is 1. The van der Waals surface area contributed by atoms with Crippen LogP contribution in [0.1, 0.15) is 31.9 Å². The summed E-state index contributed by atoms with van der Waals surface area (Å²) in [5, 5.41) is 20.5. The molecule has 0 fully saturated rings. The molecule has 0 heterocycles. The number of aliphatic hydroxyl groups excluding tert-OH is 1. The van der Waals surface area contributed by atoms with E-state index in [0.717, 1.165) is 0 Å². The van der Waals surface area contributed by atoms with Crippen molar-refractivity contribution in [3.63, 3.8) is 0 Å². The minimum absolute atomic E-state index is 0.0280. The van der Waals surface area contributed by atoms with Gasteiger partial charge >= 0.3 is 5.97 Å². The molecule has 108 valence electrons. The Kier molecular flexibility index (Phi) is 5.86. The highest BCUT2D eigenvalue weighted by molar-refractivity contribution is 5.82. The van der Waals surface area contributed by atoms with E-state index in [4.69, 9.17) is 4.74 Å². The molecule has 0 aliphatic carbocycles. The lowest BCUT2D eigenvalue weighted by molar-refractivity contribution is -0.384. The van der Waals surface area contributed by atoms with Crippen molar-refractivity contribution in [2.75, 3.05) is 6.61 Å². The van der Waals surface area contributed by atoms with E-state index in [1.807, 2.05) is 0 Å². The smallest absolute Gasteiger partial charge is 0.330 e. The standard InChI is InChI=1S/C14H17NO5/c1-3-20-14(17)9-10(2)8-13(16)11-4-6-12(7-5-11)15(18)19/h4-7,9,13,16H,3,8H2,1-2H3/b10-9+. The summed E-state index contributed by atoms with van der Waals surface area (Å²) in [6.45, 7) is 3.73. The van der Waals surface area contributed by atoms with E-state index in [1.165, 1.54) is 30.3 Å². The van der Waals surface area contributed by atoms with Crippen molar-refractivity contribution < 1.29 is 19.6 Å². The fourth-order valence-electron chi connectivity index (χ4n) is 1.69. The minimum atomic E-state index is -0.818. The number of nitro benzene ring substituents is 1. The topological polar surface area (TPSA) is 89.7 Å². The zero-order chi connectivity index (χ0) is 15.1. The monoisotopic (exact) mass is 279 g/mol. The fraction of sp³-hybridized carbons (Fsp3) is 0.357. The molecule has 1 aromatic rings. The highest BCUT2D eigenvalue weighted by Crippen LogP contribution is 2.23. The molecule has 0 saturated carbocycles. The van der Waals surface area contributed by atoms with Crippen LogP contribution in [0.3, 0.4) is 0 Å². The molecule has 1 N–H and O–H groups in total. The molecule has 0 spiro atoms. The Morgan fingerprint density at radius 1 is 1.45 bits per heavy atom. The summed E-state index contributed by atoms with van der Waals surface area (Å²) < 4.78 is 4.77. The number of rotatable bonds is 6. The first-order valence-corrected chi connectivity index (χ1v) is 6.20. The lowest BCUT2D eigenvalue weighted by atomic mass is 10.0. The quantitative estimate of drug-likeness (QED) is 0.374. The lowest BCUT2D eigenvalue weighted by Gasteiger charge is -2.11. The van der Waals surface area contributed by atoms with Crippen LogP contribution >= 0.6 is 0 Å². The molecule has 1 aromatic carbocycles. The van der Waals surface area contributed by atoms with Gasteiger partial charge in [0.1, 0.15) is 0 Å². The average molecular weight is 279 g/mol. The normalized spacial score (nSPS) is 12.8. The fourth-order valence-corrected chi connectivity index (χ4v) is 1.69. The largest absolute Gasteiger partial charge is 0.463 e. The van der Waals surface area contributed by atoms with Crippen molar-refractivity contribution in [1.82, 2.24) is 0 Å². The summed E-state index contributed by atoms with van der Waals surface area (Å²) in [5.41, 5.74) is 1.21. The average Bonchev–Trinajstić information content (AvgIpc) is 2.38. The number of carbonyl (C=O) groups excluding carboxylic acids is 1. The summed E-state index contributed by atoms with van der Waals surface area (Å²) in [6, 6.07) is 5.67. The van der Waals surface area contributed by atoms with Crippen LogP contribution in [0.25, 0.3) is 0 Å². The van der Waals surface area contributed by atoms with Gasteiger partial charge in [0.05, 0.1) is 17.6 Å². The van der Waals surface area contributed by atoms with Gasteiger partial charge in [-0.05, 0) is 38.0 Å². The van der Waals surface area contributed by atoms with Gasteiger partial charge in [0.15, 0.2) is 0 Å². The Hall–Kier alpha value is -2.21. The molecule has 0 amide bonds. The van der Waals surface area contributed by atoms with Crippen LogP contribution in [-0.4, -0.2) is 22.6 Å². The van der Waals surface area contributed by atoms with Gasteiger partial charge in [-0.3, -0.25) is 10.1 Å². The van der Waals surface area contributed by atoms with Crippen molar-refractivity contribution in [2.45, 2.75) is 26.4 Å². The second-order valence-corrected chi connectivity index (χ2v) is 4.31. The Morgan fingerprint density at radius 2 is 2.05 bits per heavy atom. The second kappa shape index (κ2) is 7.40. The maximum Gasteiger partial charge on any atom is 0.330 e. The van der Waals surface area contributed by atoms with E-state index in [0.29, 0.717) is 17.7 Å². The Labute approximate surface area is 116 Å². The zero-order valence-electron chi connectivity index (χ0n) is 11.4. The predicted molar refractivity (Wildman–Crippen MR) is 73.1 cm³/mol. The van der Waals surface area contributed by atoms with E-state index in [9.17, 15) is 20.0 Å². The molecule has 1 rings (SSSR count). The van der Waals surface area contributed by atoms with Crippen LogP contribution in [0.15, 0.2) is 35.9 Å². The van der Waals surface area contributed by atoms with Gasteiger partial charge in [-0.25, -0.2) is 4.79 Å². The third-order valence-electron chi connectivity index (χ3n) is 2.65. The Balaban J connectivity index is 2.68. The molecule has 0 aliphatic rings. The highest BCUT2D eigenvalue weighted by atomic mass is 16.6. The number of ether oxygens (including phenoxy) is 1. The number of benzene rings is 1. The Morgan fingerprint density at radius 3 is 2.55 bits per heavy atom. The summed E-state index contributed by atoms with van der Waals surface area (Å²) >= 11 is 0. The molecule has 20 heavy (non-hydrogen) atoms. The van der Waals surface area contributed by atoms with Crippen molar-refractivity contribution in [1.29, 1.82) is 0 Å². The molecule has 0 bridgehead atoms. The van der Waals surface area contributed by atoms with Gasteiger partial charge in [-0.1, -0.05) is 5.57 Å². The first kappa shape index (κ1) is 15.8. The molecule has 0 aromatic heterocycles. The van der Waals surface area contributed by atoms with Crippen LogP contribution in [0, 0.1) is 10.1 Å². The van der Waals surface area contributed by atoms with Crippen LogP contribution in [0.5, 0.6) is 0 Å². The van der Waals surface area contributed by atoms with E-state index in [-0.39, 0.29) is 12.1 Å². The molecule has 0 aliphatic heterocycles. The summed E-state index contributed by atoms with van der Waals surface area (Å²) in [7, 11) is 0. The van der Waals surface area contributed by atoms with Crippen LogP contribution in [0.4, 0.5) is 5.69 Å². The second-order valence-electron chi connectivity index (χ2n) is 4.31. The first-order valence-electron chi connectivity index (χ1n) is 6.20. The molecule has 6 heteroatoms. The van der Waals surface area contributed by atoms with E-state index >= 15 is 0 Å². The summed E-state index contributed by atoms with van der Waals surface area (Å²) in [4.78, 5) is 21.3. The number of esters is 1.